The van der Waals surface area contributed by atoms with Crippen molar-refractivity contribution >= 4 is 48.9 Å². The Balaban J connectivity index is 2.45. The highest BCUT2D eigenvalue weighted by molar-refractivity contribution is 9.10. The minimum Gasteiger partial charge on any atom is -0.398 e. The van der Waals surface area contributed by atoms with Crippen LogP contribution >= 0.6 is 27.5 Å². The standard InChI is InChI=1S/C12H8BrClF2N2O2S/c13-9-4-10(16)12(5-11(9)17)21(19,20)18-8-2-6(14)1-7(15)3-8/h1-5,18H,17H2. The fraction of sp³-hybridized carbons (Fsp3) is 0. The Bertz CT molecular complexity index is 795. The number of anilines is 2. The van der Waals surface area contributed by atoms with Gasteiger partial charge in [-0.3, -0.25) is 4.72 Å². The first kappa shape index (κ1) is 16.0. The maximum atomic E-state index is 13.8. The SMILES string of the molecule is Nc1cc(S(=O)(=O)Nc2cc(F)cc(Cl)c2)c(F)cc1Br. The van der Waals surface area contributed by atoms with Gasteiger partial charge in [0.05, 0.1) is 5.69 Å². The van der Waals surface area contributed by atoms with Gasteiger partial charge in [0.1, 0.15) is 16.5 Å². The first-order valence-electron chi connectivity index (χ1n) is 5.42. The van der Waals surface area contributed by atoms with Crippen molar-refractivity contribution in [1.82, 2.24) is 0 Å². The van der Waals surface area contributed by atoms with Crippen LogP contribution in [0.15, 0.2) is 39.7 Å². The Morgan fingerprint density at radius 3 is 2.43 bits per heavy atom. The highest BCUT2D eigenvalue weighted by Crippen LogP contribution is 2.28. The van der Waals surface area contributed by atoms with Gasteiger partial charge in [0.15, 0.2) is 0 Å². The largest absolute Gasteiger partial charge is 0.398 e. The first-order chi connectivity index (χ1) is 9.69. The van der Waals surface area contributed by atoms with Crippen LogP contribution in [0.5, 0.6) is 0 Å². The number of hydrogen-bond acceptors (Lipinski definition) is 3. The van der Waals surface area contributed by atoms with Gasteiger partial charge in [0.25, 0.3) is 10.0 Å². The number of benzene rings is 2. The van der Waals surface area contributed by atoms with Crippen LogP contribution in [0.4, 0.5) is 20.2 Å². The summed E-state index contributed by atoms with van der Waals surface area (Å²) in [6.45, 7) is 0. The summed E-state index contributed by atoms with van der Waals surface area (Å²) in [5.41, 5.74) is 5.47. The van der Waals surface area contributed by atoms with E-state index in [0.717, 1.165) is 24.3 Å². The second-order valence-electron chi connectivity index (χ2n) is 4.07. The topological polar surface area (TPSA) is 72.2 Å². The van der Waals surface area contributed by atoms with Gasteiger partial charge in [0, 0.05) is 15.2 Å². The highest BCUT2D eigenvalue weighted by atomic mass is 79.9. The molecule has 2 rings (SSSR count). The molecular formula is C12H8BrClF2N2O2S. The molecule has 0 saturated heterocycles. The van der Waals surface area contributed by atoms with Gasteiger partial charge >= 0.3 is 0 Å². The predicted molar refractivity (Wildman–Crippen MR) is 80.7 cm³/mol. The average Bonchev–Trinajstić information content (AvgIpc) is 2.31. The Hall–Kier alpha value is -1.38. The summed E-state index contributed by atoms with van der Waals surface area (Å²) in [6, 6.07) is 5.02. The van der Waals surface area contributed by atoms with Crippen molar-refractivity contribution in [1.29, 1.82) is 0 Å². The molecule has 0 spiro atoms. The number of hydrogen-bond donors (Lipinski definition) is 2. The lowest BCUT2D eigenvalue weighted by Crippen LogP contribution is -2.15. The molecule has 0 aromatic heterocycles. The molecule has 0 amide bonds. The van der Waals surface area contributed by atoms with Crippen molar-refractivity contribution in [2.75, 3.05) is 10.5 Å². The third-order valence-electron chi connectivity index (χ3n) is 2.46. The summed E-state index contributed by atoms with van der Waals surface area (Å²) < 4.78 is 53.5. The van der Waals surface area contributed by atoms with E-state index >= 15 is 0 Å². The number of nitrogens with two attached hydrogens (primary N) is 1. The summed E-state index contributed by atoms with van der Waals surface area (Å²) in [5, 5.41) is 0.00323. The molecule has 0 radical (unpaired) electrons. The van der Waals surface area contributed by atoms with Crippen LogP contribution in [0.1, 0.15) is 0 Å². The van der Waals surface area contributed by atoms with Gasteiger partial charge in [-0.15, -0.1) is 0 Å². The smallest absolute Gasteiger partial charge is 0.264 e. The zero-order valence-corrected chi connectivity index (χ0v) is 13.4. The average molecular weight is 398 g/mol. The van der Waals surface area contributed by atoms with Crippen molar-refractivity contribution in [3.8, 4) is 0 Å². The zero-order chi connectivity index (χ0) is 15.8. The van der Waals surface area contributed by atoms with E-state index in [1.165, 1.54) is 6.07 Å². The number of halogens is 4. The molecular weight excluding hydrogens is 390 g/mol. The second-order valence-corrected chi connectivity index (χ2v) is 7.01. The van der Waals surface area contributed by atoms with E-state index in [1.807, 2.05) is 4.72 Å². The quantitative estimate of drug-likeness (QED) is 0.775. The first-order valence-corrected chi connectivity index (χ1v) is 8.08. The monoisotopic (exact) mass is 396 g/mol. The molecule has 0 heterocycles. The van der Waals surface area contributed by atoms with Gasteiger partial charge in [-0.05, 0) is 46.3 Å². The molecule has 0 aliphatic carbocycles. The maximum Gasteiger partial charge on any atom is 0.264 e. The van der Waals surface area contributed by atoms with Crippen molar-refractivity contribution in [2.24, 2.45) is 0 Å². The lowest BCUT2D eigenvalue weighted by molar-refractivity contribution is 0.570. The fourth-order valence-electron chi connectivity index (χ4n) is 1.57. The van der Waals surface area contributed by atoms with Crippen LogP contribution in [0, 0.1) is 11.6 Å². The Morgan fingerprint density at radius 1 is 1.14 bits per heavy atom. The van der Waals surface area contributed by atoms with E-state index in [2.05, 4.69) is 15.9 Å². The number of nitrogens with one attached hydrogen (secondary N) is 1. The van der Waals surface area contributed by atoms with E-state index in [1.54, 1.807) is 0 Å². The zero-order valence-electron chi connectivity index (χ0n) is 10.2. The van der Waals surface area contributed by atoms with E-state index in [0.29, 0.717) is 0 Å². The second kappa shape index (κ2) is 5.78. The molecule has 0 atom stereocenters. The highest BCUT2D eigenvalue weighted by Gasteiger charge is 2.21. The molecule has 0 aliphatic rings. The van der Waals surface area contributed by atoms with Crippen LogP contribution in [0.3, 0.4) is 0 Å². The normalized spacial score (nSPS) is 11.4. The minimum absolute atomic E-state index is 0.00323. The molecule has 0 bridgehead atoms. The molecule has 2 aromatic carbocycles. The third kappa shape index (κ3) is 3.63. The minimum atomic E-state index is -4.27. The third-order valence-corrected chi connectivity index (χ3v) is 4.76. The molecule has 0 fully saturated rings. The van der Waals surface area contributed by atoms with Gasteiger partial charge in [-0.1, -0.05) is 11.6 Å². The van der Waals surface area contributed by atoms with Gasteiger partial charge in [0.2, 0.25) is 0 Å². The van der Waals surface area contributed by atoms with Crippen molar-refractivity contribution in [3.05, 3.63) is 51.5 Å². The van der Waals surface area contributed by atoms with Crippen LogP contribution in [-0.2, 0) is 10.0 Å². The summed E-state index contributed by atoms with van der Waals surface area (Å²) in [6.07, 6.45) is 0. The van der Waals surface area contributed by atoms with Gasteiger partial charge in [-0.2, -0.15) is 0 Å². The van der Waals surface area contributed by atoms with E-state index in [-0.39, 0.29) is 20.9 Å². The van der Waals surface area contributed by atoms with Crippen LogP contribution in [0.2, 0.25) is 5.02 Å². The number of nitrogen functional groups attached to an aromatic ring is 1. The van der Waals surface area contributed by atoms with E-state index in [4.69, 9.17) is 17.3 Å². The summed E-state index contributed by atoms with van der Waals surface area (Å²) in [7, 11) is -4.27. The lowest BCUT2D eigenvalue weighted by Gasteiger charge is -2.10. The molecule has 21 heavy (non-hydrogen) atoms. The Kier molecular flexibility index (Phi) is 4.40. The number of sulfonamides is 1. The molecule has 3 N–H and O–H groups in total. The lowest BCUT2D eigenvalue weighted by atomic mass is 10.3. The Labute approximate surface area is 133 Å². The molecule has 0 saturated carbocycles. The molecule has 0 aliphatic heterocycles. The molecule has 2 aromatic rings. The molecule has 4 nitrogen and oxygen atoms in total. The predicted octanol–water partition coefficient (Wildman–Crippen LogP) is 3.76. The van der Waals surface area contributed by atoms with Crippen molar-refractivity contribution < 1.29 is 17.2 Å². The summed E-state index contributed by atoms with van der Waals surface area (Å²) in [5.74, 6) is -1.72. The van der Waals surface area contributed by atoms with Crippen LogP contribution in [0.25, 0.3) is 0 Å². The van der Waals surface area contributed by atoms with Gasteiger partial charge < -0.3 is 5.73 Å². The van der Waals surface area contributed by atoms with E-state index in [9.17, 15) is 17.2 Å². The summed E-state index contributed by atoms with van der Waals surface area (Å²) >= 11 is 8.61. The molecule has 112 valence electrons. The fourth-order valence-corrected chi connectivity index (χ4v) is 3.25. The van der Waals surface area contributed by atoms with Crippen LogP contribution < -0.4 is 10.5 Å². The van der Waals surface area contributed by atoms with Crippen molar-refractivity contribution in [2.45, 2.75) is 4.90 Å². The maximum absolute atomic E-state index is 13.8. The van der Waals surface area contributed by atoms with E-state index < -0.39 is 26.6 Å². The molecule has 9 heteroatoms. The summed E-state index contributed by atoms with van der Waals surface area (Å²) in [4.78, 5) is -0.649. The van der Waals surface area contributed by atoms with Gasteiger partial charge in [-0.25, -0.2) is 17.2 Å². The number of rotatable bonds is 3. The molecule has 0 unspecified atom stereocenters. The van der Waals surface area contributed by atoms with Crippen molar-refractivity contribution in [3.63, 3.8) is 0 Å². The Morgan fingerprint density at radius 2 is 1.81 bits per heavy atom. The van der Waals surface area contributed by atoms with Crippen LogP contribution in [-0.4, -0.2) is 8.42 Å².